The van der Waals surface area contributed by atoms with E-state index in [9.17, 15) is 17.6 Å². The molecular weight excluding hydrogens is 357 g/mol. The highest BCUT2D eigenvalue weighted by Crippen LogP contribution is 2.24. The number of halogens is 1. The van der Waals surface area contributed by atoms with Crippen LogP contribution < -0.4 is 10.6 Å². The third kappa shape index (κ3) is 3.77. The number of amides is 1. The van der Waals surface area contributed by atoms with Crippen LogP contribution in [0.2, 0.25) is 0 Å². The lowest BCUT2D eigenvalue weighted by molar-refractivity contribution is -0.116. The van der Waals surface area contributed by atoms with Gasteiger partial charge in [-0.2, -0.15) is 4.31 Å². The van der Waals surface area contributed by atoms with Gasteiger partial charge in [-0.1, -0.05) is 24.3 Å². The fourth-order valence-corrected chi connectivity index (χ4v) is 4.03. The molecule has 2 aromatic rings. The number of nitrogens with one attached hydrogen (secondary N) is 2. The molecule has 6 nitrogen and oxygen atoms in total. The van der Waals surface area contributed by atoms with Crippen LogP contribution in [0.4, 0.5) is 10.1 Å². The van der Waals surface area contributed by atoms with Crippen molar-refractivity contribution in [2.45, 2.75) is 17.9 Å². The Labute approximate surface area is 152 Å². The minimum atomic E-state index is -3.78. The molecular formula is C18H20FN3O3S. The van der Waals surface area contributed by atoms with Gasteiger partial charge in [-0.05, 0) is 42.3 Å². The molecule has 8 heteroatoms. The zero-order valence-corrected chi connectivity index (χ0v) is 15.1. The van der Waals surface area contributed by atoms with Gasteiger partial charge in [0.25, 0.3) is 0 Å². The lowest BCUT2D eigenvalue weighted by atomic mass is 9.99. The van der Waals surface area contributed by atoms with Gasteiger partial charge in [0.05, 0.1) is 17.1 Å². The summed E-state index contributed by atoms with van der Waals surface area (Å²) in [6.45, 7) is 0.868. The second-order valence-corrected chi connectivity index (χ2v) is 8.16. The molecule has 0 fully saturated rings. The standard InChI is InChI=1S/C18H20FN3O3S/c1-22(26(24,25)14-5-3-2-4-6-14)12-17(23)21-16-8-7-13-11-20-10-9-15(13)18(16)19/h2-8,20H,9-12H2,1H3,(H,21,23). The van der Waals surface area contributed by atoms with Gasteiger partial charge in [0.15, 0.2) is 0 Å². The zero-order valence-electron chi connectivity index (χ0n) is 14.3. The fraction of sp³-hybridized carbons (Fsp3) is 0.278. The van der Waals surface area contributed by atoms with Crippen molar-refractivity contribution in [3.05, 3.63) is 59.4 Å². The van der Waals surface area contributed by atoms with E-state index in [0.717, 1.165) is 9.87 Å². The quantitative estimate of drug-likeness (QED) is 0.832. The maximum Gasteiger partial charge on any atom is 0.243 e. The van der Waals surface area contributed by atoms with Gasteiger partial charge in [-0.3, -0.25) is 4.79 Å². The molecule has 26 heavy (non-hydrogen) atoms. The number of hydrogen-bond donors (Lipinski definition) is 2. The summed E-state index contributed by atoms with van der Waals surface area (Å²) in [4.78, 5) is 12.3. The molecule has 0 aromatic heterocycles. The van der Waals surface area contributed by atoms with Gasteiger partial charge in [0.1, 0.15) is 5.82 Å². The average molecular weight is 377 g/mol. The van der Waals surface area contributed by atoms with Crippen molar-refractivity contribution in [2.24, 2.45) is 0 Å². The number of benzene rings is 2. The zero-order chi connectivity index (χ0) is 18.7. The monoisotopic (exact) mass is 377 g/mol. The van der Waals surface area contributed by atoms with Crippen molar-refractivity contribution >= 4 is 21.6 Å². The molecule has 0 saturated heterocycles. The molecule has 0 radical (unpaired) electrons. The Kier molecular flexibility index (Phi) is 5.36. The van der Waals surface area contributed by atoms with E-state index >= 15 is 0 Å². The van der Waals surface area contributed by atoms with Crippen LogP contribution in [0.25, 0.3) is 0 Å². The van der Waals surface area contributed by atoms with Crippen LogP contribution in [0.15, 0.2) is 47.4 Å². The molecule has 2 aromatic carbocycles. The van der Waals surface area contributed by atoms with E-state index in [2.05, 4.69) is 10.6 Å². The summed E-state index contributed by atoms with van der Waals surface area (Å²) in [5.41, 5.74) is 1.53. The van der Waals surface area contributed by atoms with Gasteiger partial charge < -0.3 is 10.6 Å². The molecule has 0 aliphatic carbocycles. The normalized spacial score (nSPS) is 14.1. The van der Waals surface area contributed by atoms with Crippen LogP contribution in [-0.4, -0.2) is 38.8 Å². The Morgan fingerprint density at radius 1 is 1.23 bits per heavy atom. The van der Waals surface area contributed by atoms with E-state index in [0.29, 0.717) is 25.1 Å². The molecule has 3 rings (SSSR count). The largest absolute Gasteiger partial charge is 0.322 e. The molecule has 0 spiro atoms. The number of hydrogen-bond acceptors (Lipinski definition) is 4. The number of carbonyl (C=O) groups is 1. The van der Waals surface area contributed by atoms with E-state index < -0.39 is 28.3 Å². The minimum Gasteiger partial charge on any atom is -0.322 e. The summed E-state index contributed by atoms with van der Waals surface area (Å²) >= 11 is 0. The second kappa shape index (κ2) is 7.53. The first-order valence-corrected chi connectivity index (χ1v) is 9.66. The molecule has 1 aliphatic heterocycles. The Bertz CT molecular complexity index is 917. The number of carbonyl (C=O) groups excluding carboxylic acids is 1. The van der Waals surface area contributed by atoms with E-state index in [4.69, 9.17) is 0 Å². The summed E-state index contributed by atoms with van der Waals surface area (Å²) in [5.74, 6) is -1.05. The van der Waals surface area contributed by atoms with Crippen molar-refractivity contribution in [3.8, 4) is 0 Å². The van der Waals surface area contributed by atoms with Crippen LogP contribution in [0.1, 0.15) is 11.1 Å². The summed E-state index contributed by atoms with van der Waals surface area (Å²) in [6.07, 6.45) is 0.549. The summed E-state index contributed by atoms with van der Waals surface area (Å²) in [7, 11) is -2.46. The number of sulfonamides is 1. The van der Waals surface area contributed by atoms with E-state index in [1.54, 1.807) is 24.3 Å². The van der Waals surface area contributed by atoms with Crippen LogP contribution in [0.5, 0.6) is 0 Å². The van der Waals surface area contributed by atoms with Gasteiger partial charge in [0, 0.05) is 13.6 Å². The van der Waals surface area contributed by atoms with Gasteiger partial charge in [0.2, 0.25) is 15.9 Å². The summed E-state index contributed by atoms with van der Waals surface area (Å²) in [6, 6.07) is 11.1. The average Bonchev–Trinajstić information content (AvgIpc) is 2.65. The van der Waals surface area contributed by atoms with Gasteiger partial charge in [-0.25, -0.2) is 12.8 Å². The highest BCUT2D eigenvalue weighted by Gasteiger charge is 2.23. The Hall–Kier alpha value is -2.29. The predicted molar refractivity (Wildman–Crippen MR) is 96.7 cm³/mol. The third-order valence-electron chi connectivity index (χ3n) is 4.30. The lowest BCUT2D eigenvalue weighted by Crippen LogP contribution is -2.35. The fourth-order valence-electron chi connectivity index (χ4n) is 2.88. The maximum absolute atomic E-state index is 14.6. The molecule has 1 aliphatic rings. The van der Waals surface area contributed by atoms with Gasteiger partial charge in [-0.15, -0.1) is 0 Å². The Balaban J connectivity index is 1.71. The molecule has 138 valence electrons. The number of anilines is 1. The lowest BCUT2D eigenvalue weighted by Gasteiger charge is -2.20. The molecule has 0 bridgehead atoms. The van der Waals surface area contributed by atoms with Crippen molar-refractivity contribution in [1.29, 1.82) is 0 Å². The highest BCUT2D eigenvalue weighted by atomic mass is 32.2. The number of fused-ring (bicyclic) bond motifs is 1. The molecule has 0 unspecified atom stereocenters. The Morgan fingerprint density at radius 2 is 1.96 bits per heavy atom. The SMILES string of the molecule is CN(CC(=O)Nc1ccc2c(c1F)CCNC2)S(=O)(=O)c1ccccc1. The first-order valence-electron chi connectivity index (χ1n) is 8.22. The first kappa shape index (κ1) is 18.5. The van der Waals surface area contributed by atoms with Crippen molar-refractivity contribution in [1.82, 2.24) is 9.62 Å². The van der Waals surface area contributed by atoms with Crippen molar-refractivity contribution < 1.29 is 17.6 Å². The van der Waals surface area contributed by atoms with Crippen LogP contribution >= 0.6 is 0 Å². The van der Waals surface area contributed by atoms with Gasteiger partial charge >= 0.3 is 0 Å². The smallest absolute Gasteiger partial charge is 0.243 e. The highest BCUT2D eigenvalue weighted by molar-refractivity contribution is 7.89. The molecule has 0 saturated carbocycles. The molecule has 0 atom stereocenters. The minimum absolute atomic E-state index is 0.0705. The Morgan fingerprint density at radius 3 is 2.69 bits per heavy atom. The predicted octanol–water partition coefficient (Wildman–Crippen LogP) is 1.73. The number of likely N-dealkylation sites (N-methyl/N-ethyl adjacent to an activating group) is 1. The van der Waals surface area contributed by atoms with Crippen LogP contribution in [0, 0.1) is 5.82 Å². The second-order valence-electron chi connectivity index (χ2n) is 6.11. The topological polar surface area (TPSA) is 78.5 Å². The molecule has 1 heterocycles. The van der Waals surface area contributed by atoms with Crippen molar-refractivity contribution in [3.63, 3.8) is 0 Å². The number of rotatable bonds is 5. The van der Waals surface area contributed by atoms with Crippen LogP contribution in [-0.2, 0) is 27.8 Å². The number of nitrogens with zero attached hydrogens (tertiary/aromatic N) is 1. The third-order valence-corrected chi connectivity index (χ3v) is 6.12. The molecule has 2 N–H and O–H groups in total. The summed E-state index contributed by atoms with van der Waals surface area (Å²) < 4.78 is 40.4. The van der Waals surface area contributed by atoms with E-state index in [1.807, 2.05) is 0 Å². The van der Waals surface area contributed by atoms with Crippen molar-refractivity contribution in [2.75, 3.05) is 25.5 Å². The summed E-state index contributed by atoms with van der Waals surface area (Å²) in [5, 5.41) is 5.63. The maximum atomic E-state index is 14.6. The van der Waals surface area contributed by atoms with E-state index in [-0.39, 0.29) is 10.6 Å². The first-order chi connectivity index (χ1) is 12.4. The van der Waals surface area contributed by atoms with Crippen LogP contribution in [0.3, 0.4) is 0 Å². The van der Waals surface area contributed by atoms with E-state index in [1.165, 1.54) is 25.2 Å². The molecule has 1 amide bonds.